The van der Waals surface area contributed by atoms with Crippen LogP contribution in [0.15, 0.2) is 18.2 Å². The first-order chi connectivity index (χ1) is 7.09. The van der Waals surface area contributed by atoms with Crippen molar-refractivity contribution in [1.29, 1.82) is 0 Å². The lowest BCUT2D eigenvalue weighted by Gasteiger charge is -2.14. The lowest BCUT2D eigenvalue weighted by atomic mass is 10.0. The molecule has 0 aliphatic heterocycles. The number of aromatic nitrogens is 1. The number of aliphatic hydroxyl groups excluding tert-OH is 1. The van der Waals surface area contributed by atoms with Crippen molar-refractivity contribution < 1.29 is 5.11 Å². The van der Waals surface area contributed by atoms with Crippen LogP contribution in [0.2, 0.25) is 0 Å². The van der Waals surface area contributed by atoms with Gasteiger partial charge < -0.3 is 10.4 Å². The molecule has 0 aliphatic rings. The summed E-state index contributed by atoms with van der Waals surface area (Å²) in [6.45, 7) is 6.77. The smallest absolute Gasteiger partial charge is 0.126 e. The van der Waals surface area contributed by atoms with Crippen molar-refractivity contribution in [3.8, 4) is 0 Å². The van der Waals surface area contributed by atoms with E-state index in [9.17, 15) is 5.11 Å². The highest BCUT2D eigenvalue weighted by atomic mass is 16.3. The highest BCUT2D eigenvalue weighted by molar-refractivity contribution is 5.34. The number of nitrogens with one attached hydrogen (secondary N) is 1. The van der Waals surface area contributed by atoms with Crippen LogP contribution in [0.1, 0.15) is 26.0 Å². The van der Waals surface area contributed by atoms with Crippen LogP contribution in [0, 0.1) is 12.8 Å². The van der Waals surface area contributed by atoms with Gasteiger partial charge in [0, 0.05) is 12.2 Å². The van der Waals surface area contributed by atoms with Gasteiger partial charge in [0.25, 0.3) is 0 Å². The molecule has 0 saturated carbocycles. The van der Waals surface area contributed by atoms with Crippen LogP contribution in [0.4, 0.5) is 5.82 Å². The van der Waals surface area contributed by atoms with Crippen molar-refractivity contribution in [2.75, 3.05) is 11.9 Å². The molecule has 1 atom stereocenters. The highest BCUT2D eigenvalue weighted by Crippen LogP contribution is 2.07. The molecule has 15 heavy (non-hydrogen) atoms. The van der Waals surface area contributed by atoms with Crippen molar-refractivity contribution in [2.24, 2.45) is 5.92 Å². The van der Waals surface area contributed by atoms with Gasteiger partial charge in [-0.05, 0) is 31.4 Å². The summed E-state index contributed by atoms with van der Waals surface area (Å²) < 4.78 is 0. The van der Waals surface area contributed by atoms with Gasteiger partial charge in [0.1, 0.15) is 5.82 Å². The Morgan fingerprint density at radius 3 is 2.73 bits per heavy atom. The predicted molar refractivity (Wildman–Crippen MR) is 62.9 cm³/mol. The Bertz CT molecular complexity index is 299. The molecule has 1 aromatic heterocycles. The summed E-state index contributed by atoms with van der Waals surface area (Å²) in [6, 6.07) is 5.88. The third-order valence-corrected chi connectivity index (χ3v) is 2.40. The molecule has 1 rings (SSSR count). The summed E-state index contributed by atoms with van der Waals surface area (Å²) in [5.74, 6) is 1.20. The van der Waals surface area contributed by atoms with Crippen LogP contribution in [0.25, 0.3) is 0 Å². The number of rotatable bonds is 5. The van der Waals surface area contributed by atoms with E-state index in [4.69, 9.17) is 0 Å². The molecule has 0 aromatic carbocycles. The van der Waals surface area contributed by atoms with E-state index in [1.54, 1.807) is 0 Å². The Hall–Kier alpha value is -1.09. The summed E-state index contributed by atoms with van der Waals surface area (Å²) in [4.78, 5) is 4.32. The second-order valence-corrected chi connectivity index (χ2v) is 4.19. The van der Waals surface area contributed by atoms with E-state index in [-0.39, 0.29) is 6.10 Å². The molecule has 2 N–H and O–H groups in total. The van der Waals surface area contributed by atoms with Gasteiger partial charge in [-0.3, -0.25) is 0 Å². The van der Waals surface area contributed by atoms with Crippen LogP contribution in [-0.4, -0.2) is 22.7 Å². The fourth-order valence-corrected chi connectivity index (χ4v) is 1.32. The average Bonchev–Trinajstić information content (AvgIpc) is 2.17. The highest BCUT2D eigenvalue weighted by Gasteiger charge is 2.07. The number of nitrogens with zero attached hydrogens (tertiary/aromatic N) is 1. The number of hydrogen-bond donors (Lipinski definition) is 2. The van der Waals surface area contributed by atoms with Crippen LogP contribution >= 0.6 is 0 Å². The zero-order valence-corrected chi connectivity index (χ0v) is 9.70. The summed E-state index contributed by atoms with van der Waals surface area (Å²) in [7, 11) is 0. The molecule has 84 valence electrons. The van der Waals surface area contributed by atoms with E-state index in [0.29, 0.717) is 5.92 Å². The average molecular weight is 208 g/mol. The summed E-state index contributed by atoms with van der Waals surface area (Å²) in [6.07, 6.45) is 0.523. The maximum absolute atomic E-state index is 9.60. The number of pyridine rings is 1. The van der Waals surface area contributed by atoms with Gasteiger partial charge in [0.05, 0.1) is 6.10 Å². The second-order valence-electron chi connectivity index (χ2n) is 4.19. The minimum atomic E-state index is -0.234. The largest absolute Gasteiger partial charge is 0.393 e. The molecule has 1 aromatic rings. The Labute approximate surface area is 91.5 Å². The van der Waals surface area contributed by atoms with Crippen LogP contribution in [-0.2, 0) is 0 Å². The molecule has 0 unspecified atom stereocenters. The maximum Gasteiger partial charge on any atom is 0.126 e. The van der Waals surface area contributed by atoms with Crippen molar-refractivity contribution in [3.63, 3.8) is 0 Å². The SMILES string of the molecule is Cc1cccc(NCC[C@H](O)C(C)C)n1. The first-order valence-electron chi connectivity index (χ1n) is 5.45. The fourth-order valence-electron chi connectivity index (χ4n) is 1.32. The Balaban J connectivity index is 2.32. The van der Waals surface area contributed by atoms with Crippen LogP contribution < -0.4 is 5.32 Å². The topological polar surface area (TPSA) is 45.1 Å². The van der Waals surface area contributed by atoms with Crippen LogP contribution in [0.3, 0.4) is 0 Å². The van der Waals surface area contributed by atoms with Crippen molar-refractivity contribution >= 4 is 5.82 Å². The Morgan fingerprint density at radius 2 is 2.13 bits per heavy atom. The summed E-state index contributed by atoms with van der Waals surface area (Å²) in [5, 5.41) is 12.8. The molecular formula is C12H20N2O. The monoisotopic (exact) mass is 208 g/mol. The summed E-state index contributed by atoms with van der Waals surface area (Å²) in [5.41, 5.74) is 1.00. The van der Waals surface area contributed by atoms with E-state index in [2.05, 4.69) is 10.3 Å². The van der Waals surface area contributed by atoms with E-state index in [1.165, 1.54) is 0 Å². The van der Waals surface area contributed by atoms with Gasteiger partial charge in [-0.25, -0.2) is 4.98 Å². The van der Waals surface area contributed by atoms with Crippen LogP contribution in [0.5, 0.6) is 0 Å². The van der Waals surface area contributed by atoms with Crippen molar-refractivity contribution in [3.05, 3.63) is 23.9 Å². The molecule has 0 aliphatic carbocycles. The lowest BCUT2D eigenvalue weighted by molar-refractivity contribution is 0.120. The van der Waals surface area contributed by atoms with E-state index in [0.717, 1.165) is 24.5 Å². The summed E-state index contributed by atoms with van der Waals surface area (Å²) >= 11 is 0. The number of hydrogen-bond acceptors (Lipinski definition) is 3. The van der Waals surface area contributed by atoms with Gasteiger partial charge in [-0.15, -0.1) is 0 Å². The standard InChI is InChI=1S/C12H20N2O/c1-9(2)11(15)7-8-13-12-6-4-5-10(3)14-12/h4-6,9,11,15H,7-8H2,1-3H3,(H,13,14)/t11-/m0/s1. The molecule has 0 amide bonds. The van der Waals surface area contributed by atoms with Gasteiger partial charge in [0.15, 0.2) is 0 Å². The first kappa shape index (κ1) is 12.0. The minimum absolute atomic E-state index is 0.234. The normalized spacial score (nSPS) is 12.9. The van der Waals surface area contributed by atoms with Crippen molar-refractivity contribution in [1.82, 2.24) is 4.98 Å². The molecule has 0 bridgehead atoms. The zero-order chi connectivity index (χ0) is 11.3. The molecule has 1 heterocycles. The van der Waals surface area contributed by atoms with Gasteiger partial charge >= 0.3 is 0 Å². The van der Waals surface area contributed by atoms with Gasteiger partial charge in [-0.1, -0.05) is 19.9 Å². The minimum Gasteiger partial charge on any atom is -0.393 e. The van der Waals surface area contributed by atoms with Crippen molar-refractivity contribution in [2.45, 2.75) is 33.3 Å². The molecule has 3 heteroatoms. The van der Waals surface area contributed by atoms with E-state index in [1.807, 2.05) is 39.0 Å². The third-order valence-electron chi connectivity index (χ3n) is 2.40. The van der Waals surface area contributed by atoms with E-state index < -0.39 is 0 Å². The predicted octanol–water partition coefficient (Wildman–Crippen LogP) is 2.21. The maximum atomic E-state index is 9.60. The molecule has 0 saturated heterocycles. The second kappa shape index (κ2) is 5.71. The quantitative estimate of drug-likeness (QED) is 0.779. The molecule has 0 fully saturated rings. The fraction of sp³-hybridized carbons (Fsp3) is 0.583. The van der Waals surface area contributed by atoms with Gasteiger partial charge in [0.2, 0.25) is 0 Å². The Morgan fingerprint density at radius 1 is 1.40 bits per heavy atom. The third kappa shape index (κ3) is 4.30. The lowest BCUT2D eigenvalue weighted by Crippen LogP contribution is -2.19. The molecule has 0 radical (unpaired) electrons. The molecule has 3 nitrogen and oxygen atoms in total. The van der Waals surface area contributed by atoms with E-state index >= 15 is 0 Å². The first-order valence-corrected chi connectivity index (χ1v) is 5.45. The number of anilines is 1. The molecular weight excluding hydrogens is 188 g/mol. The van der Waals surface area contributed by atoms with Gasteiger partial charge in [-0.2, -0.15) is 0 Å². The number of aliphatic hydroxyl groups is 1. The Kier molecular flexibility index (Phi) is 4.56. The number of aryl methyl sites for hydroxylation is 1. The molecule has 0 spiro atoms. The zero-order valence-electron chi connectivity index (χ0n) is 9.70.